The third kappa shape index (κ3) is 2.30. The van der Waals surface area contributed by atoms with Gasteiger partial charge < -0.3 is 5.32 Å². The highest BCUT2D eigenvalue weighted by molar-refractivity contribution is 5.98. The lowest BCUT2D eigenvalue weighted by Crippen LogP contribution is -2.09. The number of aryl methyl sites for hydroxylation is 2. The fraction of sp³-hybridized carbons (Fsp3) is 0.154. The van der Waals surface area contributed by atoms with Crippen LogP contribution >= 0.6 is 0 Å². The predicted molar refractivity (Wildman–Crippen MR) is 67.8 cm³/mol. The second-order valence-corrected chi connectivity index (χ2v) is 3.84. The molecule has 0 aliphatic heterocycles. The zero-order valence-corrected chi connectivity index (χ0v) is 9.82. The van der Waals surface area contributed by atoms with Gasteiger partial charge >= 0.3 is 0 Å². The Kier molecular flexibility index (Phi) is 2.87. The Bertz CT molecular complexity index is 605. The Morgan fingerprint density at radius 3 is 2.82 bits per heavy atom. The third-order valence-corrected chi connectivity index (χ3v) is 2.44. The fourth-order valence-corrected chi connectivity index (χ4v) is 1.68. The molecule has 0 aliphatic carbocycles. The van der Waals surface area contributed by atoms with Crippen LogP contribution in [0.3, 0.4) is 0 Å². The lowest BCUT2D eigenvalue weighted by molar-refractivity contribution is -0.111. The molecule has 0 atom stereocenters. The maximum Gasteiger partial charge on any atom is 0.248 e. The number of carbonyl (C=O) groups is 1. The van der Waals surface area contributed by atoms with Gasteiger partial charge in [0.2, 0.25) is 5.91 Å². The van der Waals surface area contributed by atoms with Crippen LogP contribution in [0.25, 0.3) is 11.0 Å². The molecule has 0 saturated heterocycles. The average molecular weight is 227 g/mol. The van der Waals surface area contributed by atoms with E-state index in [1.165, 1.54) is 6.08 Å². The molecule has 2 aromatic rings. The number of anilines is 1. The van der Waals surface area contributed by atoms with Gasteiger partial charge in [0.05, 0.1) is 0 Å². The molecule has 0 aliphatic rings. The largest absolute Gasteiger partial charge is 0.307 e. The molecule has 17 heavy (non-hydrogen) atoms. The summed E-state index contributed by atoms with van der Waals surface area (Å²) in [5.41, 5.74) is 2.68. The summed E-state index contributed by atoms with van der Waals surface area (Å²) in [7, 11) is 0. The van der Waals surface area contributed by atoms with Crippen molar-refractivity contribution >= 4 is 22.8 Å². The van der Waals surface area contributed by atoms with Gasteiger partial charge in [-0.05, 0) is 43.7 Å². The molecule has 4 heteroatoms. The SMILES string of the molecule is C=CC(=O)Nc1ccc2c(C)cc(C)nc2n1. The van der Waals surface area contributed by atoms with Crippen LogP contribution in [-0.4, -0.2) is 15.9 Å². The van der Waals surface area contributed by atoms with Crippen LogP contribution in [0, 0.1) is 13.8 Å². The molecule has 2 heterocycles. The number of nitrogens with one attached hydrogen (secondary N) is 1. The molecule has 0 saturated carbocycles. The van der Waals surface area contributed by atoms with Gasteiger partial charge in [-0.25, -0.2) is 9.97 Å². The van der Waals surface area contributed by atoms with E-state index in [2.05, 4.69) is 21.9 Å². The molecule has 0 unspecified atom stereocenters. The summed E-state index contributed by atoms with van der Waals surface area (Å²) in [4.78, 5) is 19.8. The van der Waals surface area contributed by atoms with Crippen LogP contribution in [0.1, 0.15) is 11.3 Å². The molecule has 1 amide bonds. The van der Waals surface area contributed by atoms with E-state index in [1.54, 1.807) is 6.07 Å². The van der Waals surface area contributed by atoms with E-state index >= 15 is 0 Å². The molecule has 2 rings (SSSR count). The normalized spacial score (nSPS) is 10.2. The number of pyridine rings is 2. The first-order valence-corrected chi connectivity index (χ1v) is 5.28. The second-order valence-electron chi connectivity index (χ2n) is 3.84. The molecule has 0 aromatic carbocycles. The maximum atomic E-state index is 11.2. The number of nitrogens with zero attached hydrogens (tertiary/aromatic N) is 2. The van der Waals surface area contributed by atoms with Gasteiger partial charge in [0.25, 0.3) is 0 Å². The van der Waals surface area contributed by atoms with E-state index in [-0.39, 0.29) is 5.91 Å². The molecule has 0 fully saturated rings. The van der Waals surface area contributed by atoms with Gasteiger partial charge in [-0.2, -0.15) is 0 Å². The Labute approximate surface area is 99.4 Å². The highest BCUT2D eigenvalue weighted by Crippen LogP contribution is 2.18. The number of hydrogen-bond donors (Lipinski definition) is 1. The van der Waals surface area contributed by atoms with Crippen molar-refractivity contribution in [3.8, 4) is 0 Å². The minimum atomic E-state index is -0.277. The topological polar surface area (TPSA) is 54.9 Å². The standard InChI is InChI=1S/C13H13N3O/c1-4-12(17)15-11-6-5-10-8(2)7-9(3)14-13(10)16-11/h4-7H,1H2,2-3H3,(H,14,15,16,17). The zero-order chi connectivity index (χ0) is 12.4. The first kappa shape index (κ1) is 11.3. The van der Waals surface area contributed by atoms with E-state index in [0.717, 1.165) is 16.6 Å². The smallest absolute Gasteiger partial charge is 0.248 e. The number of amides is 1. The van der Waals surface area contributed by atoms with Crippen LogP contribution in [-0.2, 0) is 4.79 Å². The van der Waals surface area contributed by atoms with E-state index in [1.807, 2.05) is 26.0 Å². The third-order valence-electron chi connectivity index (χ3n) is 2.44. The van der Waals surface area contributed by atoms with Crippen molar-refractivity contribution in [2.75, 3.05) is 5.32 Å². The van der Waals surface area contributed by atoms with E-state index in [0.29, 0.717) is 11.5 Å². The van der Waals surface area contributed by atoms with E-state index < -0.39 is 0 Å². The van der Waals surface area contributed by atoms with Gasteiger partial charge in [-0.15, -0.1) is 0 Å². The minimum Gasteiger partial charge on any atom is -0.307 e. The number of aromatic nitrogens is 2. The first-order valence-electron chi connectivity index (χ1n) is 5.28. The summed E-state index contributed by atoms with van der Waals surface area (Å²) in [5.74, 6) is 0.209. The monoisotopic (exact) mass is 227 g/mol. The Morgan fingerprint density at radius 2 is 2.12 bits per heavy atom. The summed E-state index contributed by atoms with van der Waals surface area (Å²) in [6, 6.07) is 5.67. The summed E-state index contributed by atoms with van der Waals surface area (Å²) in [6.07, 6.45) is 1.21. The molecule has 1 N–H and O–H groups in total. The van der Waals surface area contributed by atoms with Gasteiger partial charge in [0.15, 0.2) is 5.65 Å². The second kappa shape index (κ2) is 4.33. The highest BCUT2D eigenvalue weighted by Gasteiger charge is 2.04. The van der Waals surface area contributed by atoms with Gasteiger partial charge in [-0.1, -0.05) is 6.58 Å². The van der Waals surface area contributed by atoms with Crippen LogP contribution in [0.5, 0.6) is 0 Å². The number of fused-ring (bicyclic) bond motifs is 1. The van der Waals surface area contributed by atoms with Crippen molar-refractivity contribution in [1.29, 1.82) is 0 Å². The number of rotatable bonds is 2. The molecule has 2 aromatic heterocycles. The van der Waals surface area contributed by atoms with Gasteiger partial charge in [-0.3, -0.25) is 4.79 Å². The molecule has 4 nitrogen and oxygen atoms in total. The maximum absolute atomic E-state index is 11.2. The van der Waals surface area contributed by atoms with Crippen molar-refractivity contribution in [1.82, 2.24) is 9.97 Å². The molecule has 0 bridgehead atoms. The van der Waals surface area contributed by atoms with Crippen LogP contribution in [0.15, 0.2) is 30.9 Å². The summed E-state index contributed by atoms with van der Waals surface area (Å²) in [5, 5.41) is 3.61. The van der Waals surface area contributed by atoms with Crippen molar-refractivity contribution in [2.24, 2.45) is 0 Å². The van der Waals surface area contributed by atoms with Crippen LogP contribution in [0.2, 0.25) is 0 Å². The van der Waals surface area contributed by atoms with E-state index in [9.17, 15) is 4.79 Å². The predicted octanol–water partition coefficient (Wildman–Crippen LogP) is 2.37. The van der Waals surface area contributed by atoms with Crippen molar-refractivity contribution in [3.05, 3.63) is 42.1 Å². The average Bonchev–Trinajstić information content (AvgIpc) is 2.28. The molecular weight excluding hydrogens is 214 g/mol. The number of carbonyl (C=O) groups excluding carboxylic acids is 1. The minimum absolute atomic E-state index is 0.277. The quantitative estimate of drug-likeness (QED) is 0.801. The fourth-order valence-electron chi connectivity index (χ4n) is 1.68. The van der Waals surface area contributed by atoms with Crippen LogP contribution < -0.4 is 5.32 Å². The molecular formula is C13H13N3O. The Morgan fingerprint density at radius 1 is 1.35 bits per heavy atom. The molecule has 86 valence electrons. The van der Waals surface area contributed by atoms with Crippen molar-refractivity contribution in [2.45, 2.75) is 13.8 Å². The first-order chi connectivity index (χ1) is 8.10. The molecule has 0 radical (unpaired) electrons. The Hall–Kier alpha value is -2.23. The van der Waals surface area contributed by atoms with Crippen LogP contribution in [0.4, 0.5) is 5.82 Å². The van der Waals surface area contributed by atoms with Gasteiger partial charge in [0.1, 0.15) is 5.82 Å². The zero-order valence-electron chi connectivity index (χ0n) is 9.82. The van der Waals surface area contributed by atoms with Crippen molar-refractivity contribution in [3.63, 3.8) is 0 Å². The Balaban J connectivity index is 2.50. The van der Waals surface area contributed by atoms with Gasteiger partial charge in [0, 0.05) is 11.1 Å². The highest BCUT2D eigenvalue weighted by atomic mass is 16.1. The molecule has 0 spiro atoms. The van der Waals surface area contributed by atoms with Crippen molar-refractivity contribution < 1.29 is 4.79 Å². The lowest BCUT2D eigenvalue weighted by atomic mass is 10.1. The summed E-state index contributed by atoms with van der Waals surface area (Å²) >= 11 is 0. The number of hydrogen-bond acceptors (Lipinski definition) is 3. The van der Waals surface area contributed by atoms with E-state index in [4.69, 9.17) is 0 Å². The lowest BCUT2D eigenvalue weighted by Gasteiger charge is -2.05. The summed E-state index contributed by atoms with van der Waals surface area (Å²) < 4.78 is 0. The summed E-state index contributed by atoms with van der Waals surface area (Å²) in [6.45, 7) is 7.33.